The summed E-state index contributed by atoms with van der Waals surface area (Å²) < 4.78 is 7.23. The molecule has 0 aliphatic rings. The Labute approximate surface area is 321 Å². The van der Waals surface area contributed by atoms with E-state index in [1.807, 2.05) is 11.3 Å². The van der Waals surface area contributed by atoms with Crippen molar-refractivity contribution >= 4 is 53.6 Å². The summed E-state index contributed by atoms with van der Waals surface area (Å²) in [5.41, 5.74) is 12.8. The Kier molecular flexibility index (Phi) is 7.32. The summed E-state index contributed by atoms with van der Waals surface area (Å²) in [7, 11) is 0. The lowest BCUT2D eigenvalue weighted by molar-refractivity contribution is 1.07. The van der Waals surface area contributed by atoms with Crippen LogP contribution in [0, 0.1) is 0 Å². The minimum absolute atomic E-state index is 0.899. The molecule has 11 rings (SSSR count). The quantitative estimate of drug-likeness (QED) is 0.171. The van der Waals surface area contributed by atoms with Crippen LogP contribution in [0.3, 0.4) is 0 Å². The number of aromatic nitrogens is 4. The number of rotatable bonds is 6. The lowest BCUT2D eigenvalue weighted by Gasteiger charge is -2.17. The van der Waals surface area contributed by atoms with Crippen molar-refractivity contribution in [3.05, 3.63) is 194 Å². The summed E-state index contributed by atoms with van der Waals surface area (Å²) in [5.74, 6) is 1.80. The molecule has 11 aromatic rings. The van der Waals surface area contributed by atoms with Gasteiger partial charge in [0.05, 0.1) is 33.4 Å². The maximum absolute atomic E-state index is 5.19. The van der Waals surface area contributed by atoms with Gasteiger partial charge < -0.3 is 0 Å². The van der Waals surface area contributed by atoms with Crippen LogP contribution >= 0.6 is 11.3 Å². The first kappa shape index (κ1) is 31.4. The zero-order valence-electron chi connectivity index (χ0n) is 29.7. The van der Waals surface area contributed by atoms with E-state index in [0.717, 1.165) is 67.3 Å². The van der Waals surface area contributed by atoms with Crippen molar-refractivity contribution in [3.8, 4) is 56.4 Å². The first-order chi connectivity index (χ1) is 27.2. The highest BCUT2D eigenvalue weighted by Crippen LogP contribution is 2.39. The molecule has 0 N–H and O–H groups in total. The number of fused-ring (bicyclic) bond motifs is 5. The van der Waals surface area contributed by atoms with Crippen LogP contribution in [0.1, 0.15) is 0 Å². The summed E-state index contributed by atoms with van der Waals surface area (Å²) in [4.78, 5) is 10.4. The van der Waals surface area contributed by atoms with Crippen LogP contribution in [-0.2, 0) is 0 Å². The van der Waals surface area contributed by atoms with Crippen LogP contribution in [-0.4, -0.2) is 19.1 Å². The van der Waals surface area contributed by atoms with Gasteiger partial charge in [0.15, 0.2) is 0 Å². The van der Waals surface area contributed by atoms with Crippen LogP contribution in [0.25, 0.3) is 98.6 Å². The molecule has 0 atom stereocenters. The molecule has 8 aromatic carbocycles. The van der Waals surface area contributed by atoms with Gasteiger partial charge in [0, 0.05) is 31.3 Å². The van der Waals surface area contributed by atoms with Crippen molar-refractivity contribution in [2.75, 3.05) is 0 Å². The Morgan fingerprint density at radius 1 is 0.327 bits per heavy atom. The second-order valence-electron chi connectivity index (χ2n) is 13.9. The summed E-state index contributed by atoms with van der Waals surface area (Å²) in [6.45, 7) is 0. The molecule has 0 aliphatic heterocycles. The highest BCUT2D eigenvalue weighted by atomic mass is 32.1. The number of hydrogen-bond acceptors (Lipinski definition) is 3. The van der Waals surface area contributed by atoms with Crippen molar-refractivity contribution < 1.29 is 0 Å². The summed E-state index contributed by atoms with van der Waals surface area (Å²) in [6, 6.07) is 69.1. The molecule has 4 nitrogen and oxygen atoms in total. The van der Waals surface area contributed by atoms with Crippen molar-refractivity contribution in [2.24, 2.45) is 0 Å². The largest absolute Gasteiger partial charge is 0.292 e. The maximum Gasteiger partial charge on any atom is 0.145 e. The average molecular weight is 721 g/mol. The molecule has 55 heavy (non-hydrogen) atoms. The van der Waals surface area contributed by atoms with Crippen molar-refractivity contribution in [2.45, 2.75) is 0 Å². The predicted octanol–water partition coefficient (Wildman–Crippen LogP) is 13.4. The molecule has 0 unspecified atom stereocenters. The van der Waals surface area contributed by atoms with Gasteiger partial charge in [-0.2, -0.15) is 0 Å². The molecule has 0 spiro atoms. The first-order valence-electron chi connectivity index (χ1n) is 18.5. The van der Waals surface area contributed by atoms with E-state index in [9.17, 15) is 0 Å². The van der Waals surface area contributed by atoms with Gasteiger partial charge in [0.1, 0.15) is 11.6 Å². The number of hydrogen-bond donors (Lipinski definition) is 0. The third-order valence-electron chi connectivity index (χ3n) is 10.5. The first-order valence-corrected chi connectivity index (χ1v) is 19.3. The maximum atomic E-state index is 5.19. The van der Waals surface area contributed by atoms with E-state index < -0.39 is 0 Å². The second-order valence-corrected chi connectivity index (χ2v) is 15.0. The Bertz CT molecular complexity index is 3050. The molecule has 0 fully saturated rings. The lowest BCUT2D eigenvalue weighted by atomic mass is 9.98. The fourth-order valence-electron chi connectivity index (χ4n) is 7.92. The van der Waals surface area contributed by atoms with Crippen LogP contribution < -0.4 is 0 Å². The highest BCUT2D eigenvalue weighted by molar-refractivity contribution is 7.25. The van der Waals surface area contributed by atoms with E-state index in [2.05, 4.69) is 203 Å². The molecule has 0 radical (unpaired) electrons. The number of nitrogens with zero attached hydrogens (tertiary/aromatic N) is 4. The Morgan fingerprint density at radius 2 is 0.800 bits per heavy atom. The second kappa shape index (κ2) is 12.8. The van der Waals surface area contributed by atoms with E-state index >= 15 is 0 Å². The monoisotopic (exact) mass is 720 g/mol. The molecular formula is C50H32N4S. The topological polar surface area (TPSA) is 35.6 Å². The van der Waals surface area contributed by atoms with Gasteiger partial charge >= 0.3 is 0 Å². The van der Waals surface area contributed by atoms with Gasteiger partial charge in [0.25, 0.3) is 0 Å². The molecule has 3 aromatic heterocycles. The third-order valence-corrected chi connectivity index (χ3v) is 11.7. The van der Waals surface area contributed by atoms with E-state index in [4.69, 9.17) is 9.97 Å². The third kappa shape index (κ3) is 5.36. The fourth-order valence-corrected chi connectivity index (χ4v) is 9.06. The van der Waals surface area contributed by atoms with E-state index in [-0.39, 0.29) is 0 Å². The zero-order chi connectivity index (χ0) is 36.3. The number of para-hydroxylation sites is 4. The molecule has 0 saturated heterocycles. The smallest absolute Gasteiger partial charge is 0.145 e. The highest BCUT2D eigenvalue weighted by Gasteiger charge is 2.20. The van der Waals surface area contributed by atoms with E-state index in [1.165, 1.54) is 31.3 Å². The molecule has 3 heterocycles. The normalized spacial score (nSPS) is 11.6. The minimum Gasteiger partial charge on any atom is -0.292 e. The summed E-state index contributed by atoms with van der Waals surface area (Å²) >= 11 is 1.86. The Hall–Kier alpha value is -7.08. The Morgan fingerprint density at radius 3 is 1.40 bits per heavy atom. The summed E-state index contributed by atoms with van der Waals surface area (Å²) in [6.07, 6.45) is 0. The Balaban J connectivity index is 1.12. The zero-order valence-corrected chi connectivity index (χ0v) is 30.5. The minimum atomic E-state index is 0.899. The van der Waals surface area contributed by atoms with Gasteiger partial charge in [0.2, 0.25) is 0 Å². The molecule has 0 bridgehead atoms. The van der Waals surface area contributed by atoms with Gasteiger partial charge in [-0.05, 0) is 76.9 Å². The number of imidazole rings is 2. The molecule has 0 saturated carbocycles. The van der Waals surface area contributed by atoms with Gasteiger partial charge in [-0.3, -0.25) is 9.13 Å². The predicted molar refractivity (Wildman–Crippen MR) is 230 cm³/mol. The van der Waals surface area contributed by atoms with Gasteiger partial charge in [-0.15, -0.1) is 11.3 Å². The average Bonchev–Trinajstić information content (AvgIpc) is 3.96. The van der Waals surface area contributed by atoms with Crippen LogP contribution in [0.5, 0.6) is 0 Å². The number of benzene rings is 8. The van der Waals surface area contributed by atoms with Crippen LogP contribution in [0.4, 0.5) is 0 Å². The van der Waals surface area contributed by atoms with Crippen LogP contribution in [0.15, 0.2) is 194 Å². The molecule has 0 amide bonds. The van der Waals surface area contributed by atoms with Crippen LogP contribution in [0.2, 0.25) is 0 Å². The fraction of sp³-hybridized carbons (Fsp3) is 0. The van der Waals surface area contributed by atoms with Crippen molar-refractivity contribution in [1.82, 2.24) is 19.1 Å². The lowest BCUT2D eigenvalue weighted by Crippen LogP contribution is -2.03. The molecule has 0 aliphatic carbocycles. The van der Waals surface area contributed by atoms with Crippen molar-refractivity contribution in [3.63, 3.8) is 0 Å². The molecule has 258 valence electrons. The standard InChI is InChI=1S/C50H32N4S/c1-3-13-35(14-4-1)49-51-43-18-8-10-20-45(43)53(49)39-29-38(30-40(32-39)54-46-21-11-9-19-44(46)52-50(54)36-15-5-2-6-16-36)34-25-23-33(24-26-34)37-27-28-42-41-17-7-12-22-47(41)55-48(42)31-37/h1-32H. The summed E-state index contributed by atoms with van der Waals surface area (Å²) in [5, 5.41) is 2.64. The molecular weight excluding hydrogens is 689 g/mol. The molecule has 5 heteroatoms. The SMILES string of the molecule is c1ccc(-c2nc3ccccc3n2-c2cc(-c3ccc(-c4ccc5c(c4)sc4ccccc45)cc3)cc(-n3c(-c4ccccc4)nc4ccccc43)c2)cc1. The van der Waals surface area contributed by atoms with Gasteiger partial charge in [-0.25, -0.2) is 9.97 Å². The van der Waals surface area contributed by atoms with E-state index in [1.54, 1.807) is 0 Å². The van der Waals surface area contributed by atoms with Gasteiger partial charge in [-0.1, -0.05) is 140 Å². The van der Waals surface area contributed by atoms with E-state index in [0.29, 0.717) is 0 Å². The number of thiophene rings is 1. The van der Waals surface area contributed by atoms with Crippen molar-refractivity contribution in [1.29, 1.82) is 0 Å².